The van der Waals surface area contributed by atoms with Crippen LogP contribution in [0.4, 0.5) is 0 Å². The molecule has 0 atom stereocenters. The van der Waals surface area contributed by atoms with Gasteiger partial charge in [0, 0.05) is 6.42 Å². The van der Waals surface area contributed by atoms with E-state index in [-0.39, 0.29) is 5.97 Å². The van der Waals surface area contributed by atoms with E-state index in [1.54, 1.807) is 0 Å². The monoisotopic (exact) mass is 677 g/mol. The van der Waals surface area contributed by atoms with Crippen LogP contribution < -0.4 is 0 Å². The van der Waals surface area contributed by atoms with Crippen molar-refractivity contribution in [3.63, 3.8) is 0 Å². The Bertz CT molecular complexity index is 572. The SMILES string of the molecule is CCCCCCCCCCCCCCCCCCCCCCCCCCCCCCCCOC(=O)CCCCCCCCCCCCC. The molecule has 2 heteroatoms. The summed E-state index contributed by atoms with van der Waals surface area (Å²) in [5.74, 6) is 0.0290. The first kappa shape index (κ1) is 47.5. The zero-order chi connectivity index (χ0) is 34.7. The van der Waals surface area contributed by atoms with Gasteiger partial charge < -0.3 is 4.74 Å². The van der Waals surface area contributed by atoms with Crippen molar-refractivity contribution in [2.75, 3.05) is 6.61 Å². The van der Waals surface area contributed by atoms with Crippen LogP contribution in [0, 0.1) is 0 Å². The number of carbonyl (C=O) groups excluding carboxylic acids is 1. The molecule has 0 aliphatic rings. The third kappa shape index (κ3) is 43.5. The largest absolute Gasteiger partial charge is 0.466 e. The van der Waals surface area contributed by atoms with E-state index in [9.17, 15) is 4.79 Å². The summed E-state index contributed by atoms with van der Waals surface area (Å²) in [7, 11) is 0. The van der Waals surface area contributed by atoms with E-state index in [1.165, 1.54) is 250 Å². The predicted molar refractivity (Wildman–Crippen MR) is 216 cm³/mol. The van der Waals surface area contributed by atoms with E-state index >= 15 is 0 Å². The summed E-state index contributed by atoms with van der Waals surface area (Å²) in [6, 6.07) is 0. The summed E-state index contributed by atoms with van der Waals surface area (Å²) < 4.78 is 5.46. The van der Waals surface area contributed by atoms with Crippen LogP contribution in [0.15, 0.2) is 0 Å². The van der Waals surface area contributed by atoms with Crippen molar-refractivity contribution < 1.29 is 9.53 Å². The van der Waals surface area contributed by atoms with E-state index in [4.69, 9.17) is 4.74 Å². The van der Waals surface area contributed by atoms with Gasteiger partial charge in [-0.15, -0.1) is 0 Å². The van der Waals surface area contributed by atoms with Crippen LogP contribution in [-0.2, 0) is 9.53 Å². The van der Waals surface area contributed by atoms with Crippen LogP contribution in [0.25, 0.3) is 0 Å². The molecular formula is C46H92O2. The van der Waals surface area contributed by atoms with Crippen molar-refractivity contribution >= 4 is 5.97 Å². The molecule has 0 aromatic rings. The van der Waals surface area contributed by atoms with E-state index in [0.717, 1.165) is 12.8 Å². The van der Waals surface area contributed by atoms with Gasteiger partial charge in [-0.3, -0.25) is 4.79 Å². The van der Waals surface area contributed by atoms with Crippen molar-refractivity contribution in [1.29, 1.82) is 0 Å². The predicted octanol–water partition coefficient (Wildman–Crippen LogP) is 17.0. The molecule has 0 N–H and O–H groups in total. The molecule has 48 heavy (non-hydrogen) atoms. The highest BCUT2D eigenvalue weighted by Gasteiger charge is 2.03. The van der Waals surface area contributed by atoms with Gasteiger partial charge in [-0.25, -0.2) is 0 Å². The second-order valence-corrected chi connectivity index (χ2v) is 15.8. The summed E-state index contributed by atoms with van der Waals surface area (Å²) in [5.41, 5.74) is 0. The zero-order valence-electron chi connectivity index (χ0n) is 33.7. The molecule has 0 aromatic carbocycles. The average Bonchev–Trinajstić information content (AvgIpc) is 3.09. The highest BCUT2D eigenvalue weighted by Crippen LogP contribution is 2.17. The lowest BCUT2D eigenvalue weighted by molar-refractivity contribution is -0.143. The Morgan fingerprint density at radius 3 is 0.688 bits per heavy atom. The molecule has 0 spiro atoms. The lowest BCUT2D eigenvalue weighted by Gasteiger charge is -2.06. The van der Waals surface area contributed by atoms with Crippen LogP contribution in [0.3, 0.4) is 0 Å². The Kier molecular flexibility index (Phi) is 44.0. The van der Waals surface area contributed by atoms with Gasteiger partial charge >= 0.3 is 5.97 Å². The molecule has 0 aliphatic heterocycles. The minimum absolute atomic E-state index is 0.0290. The topological polar surface area (TPSA) is 26.3 Å². The molecule has 0 rings (SSSR count). The molecule has 0 heterocycles. The van der Waals surface area contributed by atoms with Gasteiger partial charge in [0.2, 0.25) is 0 Å². The average molecular weight is 677 g/mol. The Morgan fingerprint density at radius 2 is 0.458 bits per heavy atom. The Hall–Kier alpha value is -0.530. The molecule has 0 fully saturated rings. The van der Waals surface area contributed by atoms with Crippen LogP contribution in [0.2, 0.25) is 0 Å². The molecule has 288 valence electrons. The fourth-order valence-corrected chi connectivity index (χ4v) is 7.32. The van der Waals surface area contributed by atoms with E-state index in [0.29, 0.717) is 13.0 Å². The summed E-state index contributed by atoms with van der Waals surface area (Å²) in [4.78, 5) is 11.9. The van der Waals surface area contributed by atoms with Gasteiger partial charge in [-0.05, 0) is 12.8 Å². The van der Waals surface area contributed by atoms with Gasteiger partial charge in [0.25, 0.3) is 0 Å². The fraction of sp³-hybridized carbons (Fsp3) is 0.978. The van der Waals surface area contributed by atoms with Crippen molar-refractivity contribution in [2.45, 2.75) is 284 Å². The number of ether oxygens (including phenoxy) is 1. The van der Waals surface area contributed by atoms with Gasteiger partial charge in [0.1, 0.15) is 0 Å². The van der Waals surface area contributed by atoms with E-state index in [1.807, 2.05) is 0 Å². The minimum Gasteiger partial charge on any atom is -0.466 e. The number of hydrogen-bond acceptors (Lipinski definition) is 2. The molecule has 0 aromatic heterocycles. The molecule has 0 aliphatic carbocycles. The van der Waals surface area contributed by atoms with Crippen molar-refractivity contribution in [3.05, 3.63) is 0 Å². The molecule has 0 saturated carbocycles. The minimum atomic E-state index is 0.0290. The number of hydrogen-bond donors (Lipinski definition) is 0. The maximum Gasteiger partial charge on any atom is 0.305 e. The van der Waals surface area contributed by atoms with Gasteiger partial charge in [-0.1, -0.05) is 264 Å². The maximum atomic E-state index is 11.9. The smallest absolute Gasteiger partial charge is 0.305 e. The number of esters is 1. The Labute approximate surface area is 304 Å². The molecule has 0 bridgehead atoms. The maximum absolute atomic E-state index is 11.9. The van der Waals surface area contributed by atoms with Gasteiger partial charge in [0.05, 0.1) is 6.61 Å². The molecule has 0 unspecified atom stereocenters. The van der Waals surface area contributed by atoms with E-state index < -0.39 is 0 Å². The first-order valence-electron chi connectivity index (χ1n) is 23.0. The normalized spacial score (nSPS) is 11.5. The first-order chi connectivity index (χ1) is 23.8. The zero-order valence-corrected chi connectivity index (χ0v) is 33.7. The summed E-state index contributed by atoms with van der Waals surface area (Å²) in [6.45, 7) is 5.22. The summed E-state index contributed by atoms with van der Waals surface area (Å²) in [6.07, 6.45) is 58.0. The molecule has 0 radical (unpaired) electrons. The standard InChI is InChI=1S/C46H92O2/c1-3-5-7-9-11-13-15-16-17-18-19-20-21-22-23-24-25-26-27-28-29-30-31-32-33-35-37-39-41-43-45-48-46(47)44-42-40-38-36-34-14-12-10-8-6-4-2/h3-45H2,1-2H3. The Balaban J connectivity index is 3.11. The number of unbranched alkanes of at least 4 members (excludes halogenated alkanes) is 39. The van der Waals surface area contributed by atoms with Crippen LogP contribution in [0.1, 0.15) is 284 Å². The van der Waals surface area contributed by atoms with Crippen LogP contribution in [-0.4, -0.2) is 12.6 Å². The molecular weight excluding hydrogens is 585 g/mol. The van der Waals surface area contributed by atoms with Crippen molar-refractivity contribution in [1.82, 2.24) is 0 Å². The van der Waals surface area contributed by atoms with Gasteiger partial charge in [0.15, 0.2) is 0 Å². The molecule has 2 nitrogen and oxygen atoms in total. The quantitative estimate of drug-likeness (QED) is 0.0474. The number of rotatable bonds is 43. The summed E-state index contributed by atoms with van der Waals surface area (Å²) in [5, 5.41) is 0. The van der Waals surface area contributed by atoms with Crippen LogP contribution >= 0.6 is 0 Å². The van der Waals surface area contributed by atoms with Crippen molar-refractivity contribution in [3.8, 4) is 0 Å². The lowest BCUT2D eigenvalue weighted by atomic mass is 10.0. The third-order valence-corrected chi connectivity index (χ3v) is 10.7. The molecule has 0 saturated heterocycles. The lowest BCUT2D eigenvalue weighted by Crippen LogP contribution is -2.05. The fourth-order valence-electron chi connectivity index (χ4n) is 7.32. The molecule has 0 amide bonds. The van der Waals surface area contributed by atoms with Gasteiger partial charge in [-0.2, -0.15) is 0 Å². The second-order valence-electron chi connectivity index (χ2n) is 15.8. The highest BCUT2D eigenvalue weighted by atomic mass is 16.5. The Morgan fingerprint density at radius 1 is 0.271 bits per heavy atom. The number of carbonyl (C=O) groups is 1. The highest BCUT2D eigenvalue weighted by molar-refractivity contribution is 5.69. The first-order valence-corrected chi connectivity index (χ1v) is 23.0. The van der Waals surface area contributed by atoms with Crippen LogP contribution in [0.5, 0.6) is 0 Å². The summed E-state index contributed by atoms with van der Waals surface area (Å²) >= 11 is 0. The third-order valence-electron chi connectivity index (χ3n) is 10.7. The van der Waals surface area contributed by atoms with E-state index in [2.05, 4.69) is 13.8 Å². The second kappa shape index (κ2) is 44.5. The van der Waals surface area contributed by atoms with Crippen molar-refractivity contribution in [2.24, 2.45) is 0 Å².